The van der Waals surface area contributed by atoms with Crippen molar-refractivity contribution in [2.75, 3.05) is 19.0 Å². The molecule has 2 nitrogen and oxygen atoms in total. The Morgan fingerprint density at radius 2 is 1.20 bits per heavy atom. The number of alkyl halides is 2. The third-order valence-electron chi connectivity index (χ3n) is 3.94. The van der Waals surface area contributed by atoms with Gasteiger partial charge in [0, 0.05) is 31.9 Å². The van der Waals surface area contributed by atoms with E-state index in [1.807, 2.05) is 55.4 Å². The van der Waals surface area contributed by atoms with Crippen LogP contribution in [0.15, 0.2) is 85.2 Å². The number of nitrogens with zero attached hydrogens (tertiary/aromatic N) is 2. The van der Waals surface area contributed by atoms with E-state index in [4.69, 9.17) is 0 Å². The molecule has 3 aromatic rings. The number of halogens is 2. The fourth-order valence-corrected chi connectivity index (χ4v) is 4.85. The quantitative estimate of drug-likeness (QED) is 0.499. The predicted octanol–water partition coefficient (Wildman–Crippen LogP) is 3.68. The van der Waals surface area contributed by atoms with Gasteiger partial charge in [0.05, 0.1) is 0 Å². The summed E-state index contributed by atoms with van der Waals surface area (Å²) in [5.41, 5.74) is 0.885. The lowest BCUT2D eigenvalue weighted by Crippen LogP contribution is -2.51. The maximum absolute atomic E-state index is 15.5. The molecule has 0 aliphatic heterocycles. The van der Waals surface area contributed by atoms with Crippen molar-refractivity contribution in [2.24, 2.45) is 0 Å². The molecule has 25 heavy (non-hydrogen) atoms. The average molecular weight is 357 g/mol. The molecule has 0 radical (unpaired) electrons. The van der Waals surface area contributed by atoms with Gasteiger partial charge in [0.2, 0.25) is 0 Å². The molecule has 0 spiro atoms. The van der Waals surface area contributed by atoms with Crippen LogP contribution in [-0.2, 0) is 5.79 Å². The van der Waals surface area contributed by atoms with Crippen LogP contribution in [0.5, 0.6) is 0 Å². The summed E-state index contributed by atoms with van der Waals surface area (Å²) in [5, 5.41) is 1.30. The highest BCUT2D eigenvalue weighted by molar-refractivity contribution is 7.73. The number of anilines is 1. The van der Waals surface area contributed by atoms with Crippen LogP contribution in [0.25, 0.3) is 0 Å². The van der Waals surface area contributed by atoms with E-state index >= 15 is 8.78 Å². The number of rotatable bonds is 5. The van der Waals surface area contributed by atoms with Crippen LogP contribution >= 0.6 is 7.92 Å². The van der Waals surface area contributed by atoms with Crippen LogP contribution in [0.2, 0.25) is 0 Å². The Morgan fingerprint density at radius 1 is 0.760 bits per heavy atom. The van der Waals surface area contributed by atoms with Crippen LogP contribution in [0, 0.1) is 0 Å². The maximum atomic E-state index is 15.5. The molecule has 3 rings (SSSR count). The van der Waals surface area contributed by atoms with Gasteiger partial charge in [-0.1, -0.05) is 60.7 Å². The zero-order valence-electron chi connectivity index (χ0n) is 14.2. The predicted molar refractivity (Wildman–Crippen MR) is 100 cm³/mol. The van der Waals surface area contributed by atoms with E-state index in [-0.39, 0.29) is 0 Å². The first kappa shape index (κ1) is 17.5. The Hall–Kier alpha value is -2.32. The van der Waals surface area contributed by atoms with Crippen molar-refractivity contribution in [3.63, 3.8) is 0 Å². The molecule has 2 aromatic carbocycles. The number of benzene rings is 2. The van der Waals surface area contributed by atoms with Crippen molar-refractivity contribution in [3.8, 4) is 0 Å². The molecule has 0 bridgehead atoms. The Bertz CT molecular complexity index is 767. The van der Waals surface area contributed by atoms with Crippen molar-refractivity contribution >= 4 is 24.2 Å². The molecule has 0 fully saturated rings. The first-order valence-electron chi connectivity index (χ1n) is 7.97. The number of hydrogen-bond donors (Lipinski definition) is 0. The lowest BCUT2D eigenvalue weighted by atomic mass is 10.4. The van der Waals surface area contributed by atoms with E-state index in [1.165, 1.54) is 12.4 Å². The molecule has 0 aliphatic rings. The minimum atomic E-state index is -3.04. The van der Waals surface area contributed by atoms with E-state index < -0.39 is 13.7 Å². The molecule has 0 saturated carbocycles. The van der Waals surface area contributed by atoms with E-state index in [0.717, 1.165) is 10.3 Å². The fraction of sp³-hybridized carbons (Fsp3) is 0.150. The molecular formula is C20H20F2N2P+. The average Bonchev–Trinajstić information content (AvgIpc) is 2.63. The summed E-state index contributed by atoms with van der Waals surface area (Å²) >= 11 is 0. The standard InChI is InChI=1S/C20H20F2N2P/c1-23(2)17-13-15-24(16-14-17)20(21,22)25(18-9-5-3-6-10-18)19-11-7-4-8-12-19/h3-16H,1-2H3/q+1. The second-order valence-corrected chi connectivity index (χ2v) is 8.12. The molecule has 0 aliphatic carbocycles. The Kier molecular flexibility index (Phi) is 5.10. The van der Waals surface area contributed by atoms with Gasteiger partial charge < -0.3 is 4.90 Å². The molecular weight excluding hydrogens is 337 g/mol. The van der Waals surface area contributed by atoms with Crippen LogP contribution in [0.1, 0.15) is 0 Å². The van der Waals surface area contributed by atoms with E-state index in [2.05, 4.69) is 0 Å². The van der Waals surface area contributed by atoms with Gasteiger partial charge in [-0.3, -0.25) is 0 Å². The smallest absolute Gasteiger partial charge is 0.377 e. The number of pyridine rings is 1. The summed E-state index contributed by atoms with van der Waals surface area (Å²) in [7, 11) is 1.90. The third-order valence-corrected chi connectivity index (χ3v) is 6.33. The molecule has 0 N–H and O–H groups in total. The molecule has 0 saturated heterocycles. The van der Waals surface area contributed by atoms with Gasteiger partial charge >= 0.3 is 5.79 Å². The molecule has 0 atom stereocenters. The summed E-state index contributed by atoms with van der Waals surface area (Å²) < 4.78 is 32.0. The SMILES string of the molecule is CN(C)c1cc[n+](C(F)(F)P(c2ccccc2)c2ccccc2)cc1. The van der Waals surface area contributed by atoms with Gasteiger partial charge in [0.1, 0.15) is 7.92 Å². The maximum Gasteiger partial charge on any atom is 0.483 e. The Labute approximate surface area is 148 Å². The molecule has 1 aromatic heterocycles. The molecule has 5 heteroatoms. The second-order valence-electron chi connectivity index (χ2n) is 5.87. The van der Waals surface area contributed by atoms with E-state index in [1.54, 1.807) is 36.4 Å². The topological polar surface area (TPSA) is 7.12 Å². The van der Waals surface area contributed by atoms with Crippen LogP contribution in [0.4, 0.5) is 14.5 Å². The number of aromatic nitrogens is 1. The molecule has 0 amide bonds. The zero-order chi connectivity index (χ0) is 17.9. The van der Waals surface area contributed by atoms with Crippen LogP contribution in [0.3, 0.4) is 0 Å². The lowest BCUT2D eigenvalue weighted by molar-refractivity contribution is -0.793. The Balaban J connectivity index is 2.08. The fourth-order valence-electron chi connectivity index (χ4n) is 2.63. The van der Waals surface area contributed by atoms with E-state index in [0.29, 0.717) is 10.6 Å². The summed E-state index contributed by atoms with van der Waals surface area (Å²) in [5.74, 6) is -3.04. The summed E-state index contributed by atoms with van der Waals surface area (Å²) in [6.45, 7) is 0. The highest BCUT2D eigenvalue weighted by Crippen LogP contribution is 2.50. The molecule has 1 heterocycles. The summed E-state index contributed by atoms with van der Waals surface area (Å²) in [6.07, 6.45) is 2.91. The first-order valence-corrected chi connectivity index (χ1v) is 9.31. The first-order chi connectivity index (χ1) is 12.0. The van der Waals surface area contributed by atoms with Gasteiger partial charge in [0.25, 0.3) is 0 Å². The number of hydrogen-bond acceptors (Lipinski definition) is 1. The monoisotopic (exact) mass is 357 g/mol. The summed E-state index contributed by atoms with van der Waals surface area (Å²) in [6, 6.07) is 21.5. The van der Waals surface area contributed by atoms with Gasteiger partial charge in [-0.2, -0.15) is 0 Å². The highest BCUT2D eigenvalue weighted by atomic mass is 31.1. The van der Waals surface area contributed by atoms with Gasteiger partial charge in [0.15, 0.2) is 12.4 Å². The minimum Gasteiger partial charge on any atom is -0.377 e. The van der Waals surface area contributed by atoms with Crippen molar-refractivity contribution < 1.29 is 13.3 Å². The Morgan fingerprint density at radius 3 is 1.60 bits per heavy atom. The van der Waals surface area contributed by atoms with Crippen molar-refractivity contribution in [1.82, 2.24) is 0 Å². The normalized spacial score (nSPS) is 11.6. The largest absolute Gasteiger partial charge is 0.483 e. The van der Waals surface area contributed by atoms with Gasteiger partial charge in [-0.05, 0) is 10.6 Å². The van der Waals surface area contributed by atoms with Crippen molar-refractivity contribution in [3.05, 3.63) is 85.2 Å². The van der Waals surface area contributed by atoms with E-state index in [9.17, 15) is 0 Å². The zero-order valence-corrected chi connectivity index (χ0v) is 15.1. The summed E-state index contributed by atoms with van der Waals surface area (Å²) in [4.78, 5) is 1.89. The second kappa shape index (κ2) is 7.28. The van der Waals surface area contributed by atoms with Crippen LogP contribution in [-0.4, -0.2) is 14.1 Å². The highest BCUT2D eigenvalue weighted by Gasteiger charge is 2.51. The third kappa shape index (κ3) is 3.69. The van der Waals surface area contributed by atoms with Gasteiger partial charge in [-0.15, -0.1) is 13.3 Å². The molecule has 0 unspecified atom stereocenters. The van der Waals surface area contributed by atoms with Crippen molar-refractivity contribution in [1.29, 1.82) is 0 Å². The van der Waals surface area contributed by atoms with Gasteiger partial charge in [-0.25, -0.2) is 0 Å². The van der Waals surface area contributed by atoms with Crippen molar-refractivity contribution in [2.45, 2.75) is 5.79 Å². The molecule has 128 valence electrons. The lowest BCUT2D eigenvalue weighted by Gasteiger charge is -2.23. The minimum absolute atomic E-state index is 0.651. The van der Waals surface area contributed by atoms with Crippen LogP contribution < -0.4 is 20.1 Å².